The number of nitrogens with one attached hydrogen (secondary N) is 5. The highest BCUT2D eigenvalue weighted by atomic mass is 31.2. The maximum atomic E-state index is 13.1. The fraction of sp³-hybridized carbons (Fsp3) is 0.721. The van der Waals surface area contributed by atoms with Crippen molar-refractivity contribution < 1.29 is 144 Å². The fourth-order valence-electron chi connectivity index (χ4n) is 12.3. The lowest BCUT2D eigenvalue weighted by Gasteiger charge is -2.21. The van der Waals surface area contributed by atoms with Crippen molar-refractivity contribution in [1.29, 1.82) is 0 Å². The summed E-state index contributed by atoms with van der Waals surface area (Å²) in [7, 11) is -4.78. The number of carbonyl (C=O) groups is 20. The number of hydrogen-bond acceptors (Lipinski definition) is 26. The van der Waals surface area contributed by atoms with Gasteiger partial charge in [0.05, 0.1) is 52.5 Å². The number of amides is 9. The molecule has 0 aromatic heterocycles. The summed E-state index contributed by atoms with van der Waals surface area (Å²) in [6, 6.07) is 0. The molecule has 0 bridgehead atoms. The van der Waals surface area contributed by atoms with Crippen LogP contribution in [0.5, 0.6) is 0 Å². The zero-order valence-corrected chi connectivity index (χ0v) is 75.3. The van der Waals surface area contributed by atoms with Gasteiger partial charge in [0.2, 0.25) is 53.2 Å². The van der Waals surface area contributed by atoms with E-state index in [1.807, 2.05) is 0 Å². The van der Waals surface area contributed by atoms with Crippen molar-refractivity contribution in [2.75, 3.05) is 111 Å². The molecule has 40 nitrogen and oxygen atoms in total. The van der Waals surface area contributed by atoms with E-state index >= 15 is 0 Å². The summed E-state index contributed by atoms with van der Waals surface area (Å²) in [4.78, 5) is 261. The minimum Gasteiger partial charge on any atom is -0.480 e. The summed E-state index contributed by atoms with van der Waals surface area (Å²) in [5.41, 5.74) is 5.21. The number of rotatable bonds is 84. The third-order valence-electron chi connectivity index (χ3n) is 19.4. The molecule has 0 aliphatic rings. The molecule has 0 aliphatic carbocycles. The summed E-state index contributed by atoms with van der Waals surface area (Å²) in [5, 5.41) is 48.8. The van der Waals surface area contributed by atoms with Gasteiger partial charge in [0, 0.05) is 96.6 Å². The first-order valence-corrected chi connectivity index (χ1v) is 45.9. The number of aliphatic carboxylic acids is 4. The van der Waals surface area contributed by atoms with Gasteiger partial charge < -0.3 is 86.7 Å². The molecule has 2 unspecified atom stereocenters. The van der Waals surface area contributed by atoms with Crippen LogP contribution in [-0.2, 0) is 119 Å². The highest BCUT2D eigenvalue weighted by Crippen LogP contribution is 2.43. The van der Waals surface area contributed by atoms with E-state index in [4.69, 9.17) is 29.4 Å². The predicted molar refractivity (Wildman–Crippen MR) is 462 cm³/mol. The number of ketones is 5. The highest BCUT2D eigenvalue weighted by molar-refractivity contribution is 7.47. The molecular formula is C86H141N10O30P. The van der Waals surface area contributed by atoms with Crippen molar-refractivity contribution in [3.8, 4) is 0 Å². The van der Waals surface area contributed by atoms with Crippen molar-refractivity contribution >= 4 is 126 Å². The number of esters is 2. The van der Waals surface area contributed by atoms with E-state index in [1.165, 1.54) is 77.0 Å². The molecule has 0 aliphatic heterocycles. The van der Waals surface area contributed by atoms with E-state index < -0.39 is 256 Å². The number of nitrogens with two attached hydrogens (primary N) is 1. The van der Waals surface area contributed by atoms with Gasteiger partial charge in [-0.15, -0.1) is 0 Å². The minimum absolute atomic E-state index is 0.0389. The summed E-state index contributed by atoms with van der Waals surface area (Å²) >= 11 is 0. The van der Waals surface area contributed by atoms with Crippen LogP contribution in [0.4, 0.5) is 0 Å². The van der Waals surface area contributed by atoms with Crippen LogP contribution >= 0.6 is 7.82 Å². The SMILES string of the molecule is CCCCCCCC/C=C/CCCCCCCC(=O)OCC(COP(=O)(O)OCCNC(=O)CCCCC(=O)CCC(=O)NCC(=O)N(CC(=O)O)CC(=O)NCC(=O)CCC(=O)N(CC(=O)O)CC(=O)CCCNC(=O)CN(CC(=O)O)C(=O)CNC(=O)CCC(=O)CN(CC(=O)O)C(=O)CCC(=O)CN)OC(=O)CCCCCCC/C=C/CCCCCCCC. The maximum absolute atomic E-state index is 13.1. The van der Waals surface area contributed by atoms with E-state index in [0.29, 0.717) is 32.4 Å². The van der Waals surface area contributed by atoms with Gasteiger partial charge in [-0.05, 0) is 83.5 Å². The Balaban J connectivity index is 5.01. The van der Waals surface area contributed by atoms with Crippen LogP contribution in [0.15, 0.2) is 24.3 Å². The van der Waals surface area contributed by atoms with Gasteiger partial charge in [0.1, 0.15) is 57.4 Å². The molecule has 720 valence electrons. The van der Waals surface area contributed by atoms with Crippen LogP contribution in [0, 0.1) is 0 Å². The van der Waals surface area contributed by atoms with E-state index in [0.717, 1.165) is 77.0 Å². The lowest BCUT2D eigenvalue weighted by atomic mass is 10.1. The van der Waals surface area contributed by atoms with Crippen LogP contribution in [0.1, 0.15) is 284 Å². The van der Waals surface area contributed by atoms with Crippen molar-refractivity contribution in [2.45, 2.75) is 290 Å². The van der Waals surface area contributed by atoms with Crippen LogP contribution in [0.3, 0.4) is 0 Å². The first-order valence-electron chi connectivity index (χ1n) is 44.5. The summed E-state index contributed by atoms with van der Waals surface area (Å²) in [6.45, 7) is -7.48. The molecule has 0 heterocycles. The molecular weight excluding hydrogens is 1680 g/mol. The molecule has 41 heteroatoms. The van der Waals surface area contributed by atoms with E-state index in [2.05, 4.69) is 64.7 Å². The number of allylic oxidation sites excluding steroid dienone is 4. The fourth-order valence-corrected chi connectivity index (χ4v) is 13.0. The Bertz CT molecular complexity index is 3540. The number of Topliss-reactive ketones (excluding diaryl/α,β-unsaturated/α-hetero) is 5. The second-order valence-corrected chi connectivity index (χ2v) is 32.3. The van der Waals surface area contributed by atoms with Crippen LogP contribution in [0.25, 0.3) is 0 Å². The molecule has 0 aromatic carbocycles. The molecule has 0 saturated carbocycles. The van der Waals surface area contributed by atoms with Crippen molar-refractivity contribution in [2.24, 2.45) is 5.73 Å². The van der Waals surface area contributed by atoms with Gasteiger partial charge in [0.25, 0.3) is 0 Å². The van der Waals surface area contributed by atoms with Gasteiger partial charge in [-0.3, -0.25) is 105 Å². The Labute approximate surface area is 744 Å². The molecule has 0 spiro atoms. The Hall–Kier alpha value is -10.1. The standard InChI is InChI=1S/C86H141N10O30P/c1-3-5-7-9-11-13-15-17-19-21-23-25-27-29-31-39-85(119)123-64-71(126-86(120)40-32-30-28-26-24-22-20-18-16-14-12-10-8-6-4-2)65-125-127(121,122)124-51-50-89-72(102)38-34-33-36-66(97)41-45-73(103)91-55-80(110)96(63-84(117)118)59-76(106)90-53-68(99)44-48-78(108)93(60-81(111)112)56-69(100)37-35-49-88-75(105)58-95(62-83(115)116)79(109)54-92-74(104)46-42-70(101)57-94(61-82(113)114)77(107)47-43-67(98)52-87/h17-20,71H,3-16,21-65,87H2,1-2H3,(H,88,105)(H,89,102)(H,90,106)(H,91,103)(H,92,104)(H,111,112)(H,113,114)(H,115,116)(H,117,118)(H,121,122)/b19-17+,20-18+. The molecule has 0 aromatic rings. The number of phosphoric acid groups is 1. The molecule has 0 fully saturated rings. The zero-order valence-electron chi connectivity index (χ0n) is 74.4. The summed E-state index contributed by atoms with van der Waals surface area (Å²) < 4.78 is 34.1. The number of carbonyl (C=O) groups excluding carboxylic acids is 16. The van der Waals surface area contributed by atoms with Crippen molar-refractivity contribution in [3.05, 3.63) is 24.3 Å². The number of unbranched alkanes of at least 4 members (excludes halogenated alkanes) is 23. The Morgan fingerprint density at radius 2 is 0.677 bits per heavy atom. The lowest BCUT2D eigenvalue weighted by Crippen LogP contribution is -2.47. The van der Waals surface area contributed by atoms with Gasteiger partial charge in [-0.25, -0.2) is 4.57 Å². The van der Waals surface area contributed by atoms with Gasteiger partial charge in [-0.1, -0.05) is 141 Å². The molecule has 9 amide bonds. The topological polar surface area (TPSA) is 596 Å². The van der Waals surface area contributed by atoms with Gasteiger partial charge in [-0.2, -0.15) is 0 Å². The van der Waals surface area contributed by atoms with E-state index in [9.17, 15) is 121 Å². The molecule has 12 N–H and O–H groups in total. The highest BCUT2D eigenvalue weighted by Gasteiger charge is 2.29. The predicted octanol–water partition coefficient (Wildman–Crippen LogP) is 6.15. The smallest absolute Gasteiger partial charge is 0.472 e. The largest absolute Gasteiger partial charge is 0.480 e. The van der Waals surface area contributed by atoms with E-state index in [1.54, 1.807) is 0 Å². The van der Waals surface area contributed by atoms with Crippen LogP contribution in [0.2, 0.25) is 0 Å². The number of carboxylic acid groups (broad SMARTS) is 4. The molecule has 0 rings (SSSR count). The van der Waals surface area contributed by atoms with Gasteiger partial charge in [0.15, 0.2) is 23.5 Å². The number of hydrogen-bond donors (Lipinski definition) is 11. The Kier molecular flexibility index (Phi) is 69.0. The van der Waals surface area contributed by atoms with Crippen molar-refractivity contribution in [3.63, 3.8) is 0 Å². The maximum Gasteiger partial charge on any atom is 0.472 e. The average molecular weight is 1830 g/mol. The first kappa shape index (κ1) is 117. The molecule has 0 radical (unpaired) electrons. The third kappa shape index (κ3) is 70.7. The van der Waals surface area contributed by atoms with Crippen LogP contribution in [-0.4, -0.2) is 280 Å². The number of ether oxygens (including phenoxy) is 2. The average Bonchev–Trinajstić information content (AvgIpc) is 0.918. The zero-order chi connectivity index (χ0) is 94.8. The minimum atomic E-state index is -4.78. The quantitative estimate of drug-likeness (QED) is 0.0141. The second-order valence-electron chi connectivity index (χ2n) is 30.9. The second kappa shape index (κ2) is 75.0. The van der Waals surface area contributed by atoms with Crippen molar-refractivity contribution in [1.82, 2.24) is 46.2 Å². The number of carboxylic acids is 4. The monoisotopic (exact) mass is 1820 g/mol. The molecule has 2 atom stereocenters. The summed E-state index contributed by atoms with van der Waals surface area (Å²) in [5.74, 6) is -18.3. The molecule has 127 heavy (non-hydrogen) atoms. The first-order chi connectivity index (χ1) is 60.6. The van der Waals surface area contributed by atoms with Crippen LogP contribution < -0.4 is 32.3 Å². The normalized spacial score (nSPS) is 11.8. The molecule has 0 saturated heterocycles. The number of nitrogens with zero attached hydrogens (tertiary/aromatic N) is 4. The third-order valence-corrected chi connectivity index (χ3v) is 20.4. The summed E-state index contributed by atoms with van der Waals surface area (Å²) in [6.07, 6.45) is 32.5. The Morgan fingerprint density at radius 1 is 0.323 bits per heavy atom. The van der Waals surface area contributed by atoms with E-state index in [-0.39, 0.29) is 89.6 Å². The van der Waals surface area contributed by atoms with Gasteiger partial charge >= 0.3 is 43.6 Å². The number of phosphoric ester groups is 1. The Morgan fingerprint density at radius 3 is 1.13 bits per heavy atom. The lowest BCUT2D eigenvalue weighted by molar-refractivity contribution is -0.161.